The van der Waals surface area contributed by atoms with Gasteiger partial charge in [0.05, 0.1) is 12.7 Å². The molecule has 0 spiro atoms. The molecule has 0 radical (unpaired) electrons. The topological polar surface area (TPSA) is 32.7 Å². The molecule has 1 fully saturated rings. The SMILES string of the molecule is CCC1COC(C)CN1C1CCCc2c(O)cccc21. The van der Waals surface area contributed by atoms with Crippen LogP contribution < -0.4 is 0 Å². The van der Waals surface area contributed by atoms with Crippen molar-refractivity contribution in [2.45, 2.75) is 57.7 Å². The van der Waals surface area contributed by atoms with E-state index in [1.807, 2.05) is 12.1 Å². The van der Waals surface area contributed by atoms with Crippen molar-refractivity contribution in [1.82, 2.24) is 4.90 Å². The number of phenolic OH excluding ortho intramolecular Hbond substituents is 1. The third-order valence-corrected chi connectivity index (χ3v) is 4.83. The van der Waals surface area contributed by atoms with Crippen molar-refractivity contribution >= 4 is 0 Å². The molecule has 2 aliphatic rings. The molecule has 3 nitrogen and oxygen atoms in total. The van der Waals surface area contributed by atoms with Gasteiger partial charge in [0.25, 0.3) is 0 Å². The van der Waals surface area contributed by atoms with Crippen LogP contribution in [-0.4, -0.2) is 35.3 Å². The van der Waals surface area contributed by atoms with Crippen LogP contribution in [0.15, 0.2) is 18.2 Å². The largest absolute Gasteiger partial charge is 0.508 e. The lowest BCUT2D eigenvalue weighted by Crippen LogP contribution is -2.50. The minimum atomic E-state index is 0.306. The molecule has 1 aliphatic carbocycles. The van der Waals surface area contributed by atoms with E-state index in [0.717, 1.165) is 38.0 Å². The average molecular weight is 275 g/mol. The number of morpholine rings is 1. The Morgan fingerprint density at radius 1 is 1.40 bits per heavy atom. The molecule has 3 heteroatoms. The molecular weight excluding hydrogens is 250 g/mol. The Bertz CT molecular complexity index is 474. The lowest BCUT2D eigenvalue weighted by atomic mass is 9.85. The highest BCUT2D eigenvalue weighted by Gasteiger charge is 2.34. The Labute approximate surface area is 121 Å². The van der Waals surface area contributed by atoms with E-state index >= 15 is 0 Å². The zero-order valence-corrected chi connectivity index (χ0v) is 12.5. The first-order valence-electron chi connectivity index (χ1n) is 7.88. The lowest BCUT2D eigenvalue weighted by Gasteiger charge is -2.45. The molecule has 3 unspecified atom stereocenters. The Kier molecular flexibility index (Phi) is 3.99. The summed E-state index contributed by atoms with van der Waals surface area (Å²) in [5, 5.41) is 10.1. The second-order valence-electron chi connectivity index (χ2n) is 6.16. The first-order chi connectivity index (χ1) is 9.70. The van der Waals surface area contributed by atoms with Crippen molar-refractivity contribution in [3.8, 4) is 5.75 Å². The molecule has 0 saturated carbocycles. The molecule has 1 aromatic carbocycles. The Hall–Kier alpha value is -1.06. The maximum absolute atomic E-state index is 10.1. The van der Waals surface area contributed by atoms with E-state index in [1.165, 1.54) is 12.0 Å². The average Bonchev–Trinajstić information content (AvgIpc) is 2.47. The molecule has 0 bridgehead atoms. The van der Waals surface area contributed by atoms with Gasteiger partial charge in [0.2, 0.25) is 0 Å². The van der Waals surface area contributed by atoms with Crippen LogP contribution in [0.2, 0.25) is 0 Å². The number of nitrogens with zero attached hydrogens (tertiary/aromatic N) is 1. The van der Waals surface area contributed by atoms with Gasteiger partial charge in [-0.05, 0) is 49.8 Å². The molecule has 20 heavy (non-hydrogen) atoms. The first-order valence-corrected chi connectivity index (χ1v) is 7.88. The predicted octanol–water partition coefficient (Wildman–Crippen LogP) is 3.27. The molecule has 110 valence electrons. The van der Waals surface area contributed by atoms with Crippen LogP contribution in [0.1, 0.15) is 50.3 Å². The van der Waals surface area contributed by atoms with Crippen LogP contribution in [0.25, 0.3) is 0 Å². The minimum Gasteiger partial charge on any atom is -0.508 e. The zero-order valence-electron chi connectivity index (χ0n) is 12.5. The number of fused-ring (bicyclic) bond motifs is 1. The van der Waals surface area contributed by atoms with Crippen molar-refractivity contribution in [2.24, 2.45) is 0 Å². The Morgan fingerprint density at radius 2 is 2.25 bits per heavy atom. The highest BCUT2D eigenvalue weighted by atomic mass is 16.5. The summed E-state index contributed by atoms with van der Waals surface area (Å²) in [6, 6.07) is 6.95. The number of ether oxygens (including phenoxy) is 1. The van der Waals surface area contributed by atoms with E-state index in [1.54, 1.807) is 0 Å². The number of hydrogen-bond donors (Lipinski definition) is 1. The van der Waals surface area contributed by atoms with Gasteiger partial charge in [0.15, 0.2) is 0 Å². The maximum Gasteiger partial charge on any atom is 0.119 e. The quantitative estimate of drug-likeness (QED) is 0.899. The van der Waals surface area contributed by atoms with Gasteiger partial charge in [-0.1, -0.05) is 19.1 Å². The second-order valence-corrected chi connectivity index (χ2v) is 6.16. The van der Waals surface area contributed by atoms with Crippen LogP contribution in [-0.2, 0) is 11.2 Å². The molecule has 3 rings (SSSR count). The third-order valence-electron chi connectivity index (χ3n) is 4.83. The molecule has 1 aliphatic heterocycles. The summed E-state index contributed by atoms with van der Waals surface area (Å²) in [4.78, 5) is 2.62. The fourth-order valence-corrected chi connectivity index (χ4v) is 3.75. The molecule has 0 aromatic heterocycles. The van der Waals surface area contributed by atoms with Crippen molar-refractivity contribution < 1.29 is 9.84 Å². The molecule has 0 amide bonds. The van der Waals surface area contributed by atoms with Gasteiger partial charge in [-0.3, -0.25) is 4.90 Å². The van der Waals surface area contributed by atoms with E-state index in [2.05, 4.69) is 24.8 Å². The second kappa shape index (κ2) is 5.74. The van der Waals surface area contributed by atoms with Crippen LogP contribution in [0.5, 0.6) is 5.75 Å². The van der Waals surface area contributed by atoms with E-state index in [-0.39, 0.29) is 0 Å². The highest BCUT2D eigenvalue weighted by molar-refractivity contribution is 5.42. The van der Waals surface area contributed by atoms with E-state index < -0.39 is 0 Å². The Morgan fingerprint density at radius 3 is 3.05 bits per heavy atom. The summed E-state index contributed by atoms with van der Waals surface area (Å²) in [6.45, 7) is 6.23. The summed E-state index contributed by atoms with van der Waals surface area (Å²) >= 11 is 0. The van der Waals surface area contributed by atoms with Crippen LogP contribution in [0, 0.1) is 0 Å². The van der Waals surface area contributed by atoms with Crippen molar-refractivity contribution in [3.63, 3.8) is 0 Å². The zero-order chi connectivity index (χ0) is 14.1. The van der Waals surface area contributed by atoms with Gasteiger partial charge in [0.1, 0.15) is 5.75 Å². The van der Waals surface area contributed by atoms with E-state index in [9.17, 15) is 5.11 Å². The normalized spacial score (nSPS) is 31.0. The molecule has 1 heterocycles. The first kappa shape index (κ1) is 13.9. The smallest absolute Gasteiger partial charge is 0.119 e. The van der Waals surface area contributed by atoms with Gasteiger partial charge < -0.3 is 9.84 Å². The van der Waals surface area contributed by atoms with E-state index in [0.29, 0.717) is 23.9 Å². The van der Waals surface area contributed by atoms with Crippen LogP contribution in [0.4, 0.5) is 0 Å². The van der Waals surface area contributed by atoms with Crippen molar-refractivity contribution in [2.75, 3.05) is 13.2 Å². The predicted molar refractivity (Wildman–Crippen MR) is 80.0 cm³/mol. The molecular formula is C17H25NO2. The molecule has 3 atom stereocenters. The van der Waals surface area contributed by atoms with Crippen molar-refractivity contribution in [1.29, 1.82) is 0 Å². The van der Waals surface area contributed by atoms with Crippen molar-refractivity contribution in [3.05, 3.63) is 29.3 Å². The van der Waals surface area contributed by atoms with Crippen LogP contribution in [0.3, 0.4) is 0 Å². The number of benzene rings is 1. The lowest BCUT2D eigenvalue weighted by molar-refractivity contribution is -0.0757. The number of aromatic hydroxyl groups is 1. The number of rotatable bonds is 2. The van der Waals surface area contributed by atoms with Gasteiger partial charge in [-0.2, -0.15) is 0 Å². The standard InChI is InChI=1S/C17H25NO2/c1-3-13-11-20-12(2)10-18(13)16-8-4-7-15-14(16)6-5-9-17(15)19/h5-6,9,12-13,16,19H,3-4,7-8,10-11H2,1-2H3. The summed E-state index contributed by atoms with van der Waals surface area (Å²) < 4.78 is 5.82. The summed E-state index contributed by atoms with van der Waals surface area (Å²) in [5.74, 6) is 0.474. The molecule has 1 saturated heterocycles. The summed E-state index contributed by atoms with van der Waals surface area (Å²) in [5.41, 5.74) is 2.50. The Balaban J connectivity index is 1.92. The maximum atomic E-state index is 10.1. The van der Waals surface area contributed by atoms with Gasteiger partial charge in [0, 0.05) is 18.6 Å². The van der Waals surface area contributed by atoms with Gasteiger partial charge in [-0.25, -0.2) is 0 Å². The van der Waals surface area contributed by atoms with Gasteiger partial charge >= 0.3 is 0 Å². The monoisotopic (exact) mass is 275 g/mol. The number of hydrogen-bond acceptors (Lipinski definition) is 3. The molecule has 1 aromatic rings. The summed E-state index contributed by atoms with van der Waals surface area (Å²) in [7, 11) is 0. The van der Waals surface area contributed by atoms with Gasteiger partial charge in [-0.15, -0.1) is 0 Å². The molecule has 1 N–H and O–H groups in total. The fraction of sp³-hybridized carbons (Fsp3) is 0.647. The minimum absolute atomic E-state index is 0.306. The van der Waals surface area contributed by atoms with Crippen LogP contribution >= 0.6 is 0 Å². The van der Waals surface area contributed by atoms with E-state index in [4.69, 9.17) is 4.74 Å². The summed E-state index contributed by atoms with van der Waals surface area (Å²) in [6.07, 6.45) is 4.80. The highest BCUT2D eigenvalue weighted by Crippen LogP contribution is 2.40. The fourth-order valence-electron chi connectivity index (χ4n) is 3.75. The third kappa shape index (κ3) is 2.45. The number of phenols is 1.